The molecule has 2 aromatic rings. The van der Waals surface area contributed by atoms with Gasteiger partial charge < -0.3 is 30.2 Å². The lowest BCUT2D eigenvalue weighted by Gasteiger charge is -2.36. The molecule has 0 aromatic heterocycles. The van der Waals surface area contributed by atoms with Crippen LogP contribution in [-0.2, 0) is 11.4 Å². The summed E-state index contributed by atoms with van der Waals surface area (Å²) in [7, 11) is 0. The van der Waals surface area contributed by atoms with E-state index >= 15 is 0 Å². The van der Waals surface area contributed by atoms with E-state index in [1.165, 1.54) is 0 Å². The van der Waals surface area contributed by atoms with E-state index in [9.17, 15) is 9.59 Å². The first kappa shape index (κ1) is 21.8. The highest BCUT2D eigenvalue weighted by Gasteiger charge is 2.32. The standard InChI is InChI=1S/C24H29N3O5/c1-16-11-18(9-10-27(16)24(25)29)23(28)26-13-20-15-31-21-8-7-19(12-22(21)32-20)30-14-17-5-3-2-4-6-17/h2-8,12,16,18,20H,9-11,13-15H2,1H3,(H2,25,29)(H,26,28)/t16?,18?,20-/m1/s1. The van der Waals surface area contributed by atoms with Crippen LogP contribution in [0.15, 0.2) is 48.5 Å². The summed E-state index contributed by atoms with van der Waals surface area (Å²) in [6.45, 7) is 3.58. The first-order chi connectivity index (χ1) is 15.5. The number of hydrogen-bond acceptors (Lipinski definition) is 5. The van der Waals surface area contributed by atoms with Crippen molar-refractivity contribution in [3.63, 3.8) is 0 Å². The molecular formula is C24H29N3O5. The van der Waals surface area contributed by atoms with Gasteiger partial charge in [0, 0.05) is 24.6 Å². The molecule has 2 aromatic carbocycles. The number of nitrogens with two attached hydrogens (primary N) is 1. The highest BCUT2D eigenvalue weighted by atomic mass is 16.6. The molecule has 0 spiro atoms. The van der Waals surface area contributed by atoms with E-state index in [4.69, 9.17) is 19.9 Å². The van der Waals surface area contributed by atoms with Crippen LogP contribution in [0.1, 0.15) is 25.3 Å². The van der Waals surface area contributed by atoms with Crippen molar-refractivity contribution in [3.8, 4) is 17.2 Å². The van der Waals surface area contributed by atoms with Gasteiger partial charge in [-0.15, -0.1) is 0 Å². The van der Waals surface area contributed by atoms with Crippen molar-refractivity contribution in [2.24, 2.45) is 11.7 Å². The second-order valence-corrected chi connectivity index (χ2v) is 8.28. The van der Waals surface area contributed by atoms with E-state index in [1.54, 1.807) is 4.90 Å². The van der Waals surface area contributed by atoms with Gasteiger partial charge in [-0.05, 0) is 37.5 Å². The Balaban J connectivity index is 1.27. The minimum atomic E-state index is -0.435. The van der Waals surface area contributed by atoms with Gasteiger partial charge in [0.25, 0.3) is 0 Å². The number of carbonyl (C=O) groups excluding carboxylic acids is 2. The molecule has 4 rings (SSSR count). The molecule has 32 heavy (non-hydrogen) atoms. The van der Waals surface area contributed by atoms with Crippen molar-refractivity contribution in [1.29, 1.82) is 0 Å². The van der Waals surface area contributed by atoms with Crippen LogP contribution in [0.3, 0.4) is 0 Å². The molecule has 1 fully saturated rings. The molecular weight excluding hydrogens is 410 g/mol. The molecule has 3 N–H and O–H groups in total. The summed E-state index contributed by atoms with van der Waals surface area (Å²) in [4.78, 5) is 25.6. The first-order valence-corrected chi connectivity index (χ1v) is 10.9. The molecule has 3 atom stereocenters. The first-order valence-electron chi connectivity index (χ1n) is 10.9. The molecule has 2 heterocycles. The van der Waals surface area contributed by atoms with E-state index in [2.05, 4.69) is 5.32 Å². The van der Waals surface area contributed by atoms with Crippen LogP contribution in [-0.4, -0.2) is 48.7 Å². The third kappa shape index (κ3) is 5.25. The van der Waals surface area contributed by atoms with Crippen molar-refractivity contribution in [2.75, 3.05) is 19.7 Å². The van der Waals surface area contributed by atoms with Crippen molar-refractivity contribution < 1.29 is 23.8 Å². The van der Waals surface area contributed by atoms with Gasteiger partial charge in [0.05, 0.1) is 6.54 Å². The van der Waals surface area contributed by atoms with Crippen LogP contribution in [0.5, 0.6) is 17.2 Å². The summed E-state index contributed by atoms with van der Waals surface area (Å²) in [5.41, 5.74) is 6.46. The third-order valence-corrected chi connectivity index (χ3v) is 5.92. The van der Waals surface area contributed by atoms with Gasteiger partial charge in [-0.1, -0.05) is 30.3 Å². The maximum Gasteiger partial charge on any atom is 0.315 e. The van der Waals surface area contributed by atoms with Crippen LogP contribution in [0.2, 0.25) is 0 Å². The number of carbonyl (C=O) groups is 2. The van der Waals surface area contributed by atoms with E-state index in [0.717, 1.165) is 5.56 Å². The Morgan fingerprint density at radius 2 is 2.00 bits per heavy atom. The minimum absolute atomic E-state index is 0.0321. The number of nitrogens with zero attached hydrogens (tertiary/aromatic N) is 1. The molecule has 8 nitrogen and oxygen atoms in total. The molecule has 2 aliphatic rings. The Hall–Kier alpha value is -3.42. The number of nitrogens with one attached hydrogen (secondary N) is 1. The van der Waals surface area contributed by atoms with Gasteiger partial charge in [-0.3, -0.25) is 4.79 Å². The fourth-order valence-corrected chi connectivity index (χ4v) is 4.12. The summed E-state index contributed by atoms with van der Waals surface area (Å²) in [5.74, 6) is 1.78. The quantitative estimate of drug-likeness (QED) is 0.720. The van der Waals surface area contributed by atoms with Crippen molar-refractivity contribution in [2.45, 2.75) is 38.5 Å². The average Bonchev–Trinajstić information content (AvgIpc) is 2.81. The molecule has 1 saturated heterocycles. The van der Waals surface area contributed by atoms with Crippen LogP contribution in [0, 0.1) is 5.92 Å². The number of ether oxygens (including phenoxy) is 3. The summed E-state index contributed by atoms with van der Waals surface area (Å²) in [5, 5.41) is 2.97. The summed E-state index contributed by atoms with van der Waals surface area (Å²) < 4.78 is 17.7. The third-order valence-electron chi connectivity index (χ3n) is 5.92. The fraction of sp³-hybridized carbons (Fsp3) is 0.417. The number of urea groups is 1. The number of likely N-dealkylation sites (tertiary alicyclic amines) is 1. The molecule has 170 valence electrons. The van der Waals surface area contributed by atoms with Gasteiger partial charge >= 0.3 is 6.03 Å². The van der Waals surface area contributed by atoms with E-state index in [-0.39, 0.29) is 24.0 Å². The summed E-state index contributed by atoms with van der Waals surface area (Å²) in [6.07, 6.45) is 0.910. The van der Waals surface area contributed by atoms with Crippen LogP contribution in [0.25, 0.3) is 0 Å². The molecule has 2 aliphatic heterocycles. The molecule has 0 aliphatic carbocycles. The van der Waals surface area contributed by atoms with Gasteiger partial charge in [0.2, 0.25) is 5.91 Å². The Kier molecular flexibility index (Phi) is 6.68. The van der Waals surface area contributed by atoms with Gasteiger partial charge in [0.15, 0.2) is 11.5 Å². The van der Waals surface area contributed by atoms with E-state index < -0.39 is 6.03 Å². The minimum Gasteiger partial charge on any atom is -0.489 e. The number of rotatable bonds is 6. The second-order valence-electron chi connectivity index (χ2n) is 8.28. The Labute approximate surface area is 187 Å². The van der Waals surface area contributed by atoms with E-state index in [0.29, 0.717) is 56.4 Å². The monoisotopic (exact) mass is 439 g/mol. The molecule has 0 saturated carbocycles. The lowest BCUT2D eigenvalue weighted by atomic mass is 9.91. The number of amides is 3. The number of piperidine rings is 1. The molecule has 2 unspecified atom stereocenters. The van der Waals surface area contributed by atoms with Gasteiger partial charge in [0.1, 0.15) is 25.1 Å². The normalized spacial score (nSPS) is 22.2. The Morgan fingerprint density at radius 3 is 2.75 bits per heavy atom. The van der Waals surface area contributed by atoms with Crippen molar-refractivity contribution in [3.05, 3.63) is 54.1 Å². The molecule has 8 heteroatoms. The fourth-order valence-electron chi connectivity index (χ4n) is 4.12. The summed E-state index contributed by atoms with van der Waals surface area (Å²) in [6, 6.07) is 15.0. The largest absolute Gasteiger partial charge is 0.489 e. The maximum atomic E-state index is 12.6. The summed E-state index contributed by atoms with van der Waals surface area (Å²) >= 11 is 0. The Bertz CT molecular complexity index is 952. The van der Waals surface area contributed by atoms with Crippen molar-refractivity contribution >= 4 is 11.9 Å². The maximum absolute atomic E-state index is 12.6. The van der Waals surface area contributed by atoms with E-state index in [1.807, 2.05) is 55.5 Å². The lowest BCUT2D eigenvalue weighted by Crippen LogP contribution is -2.50. The SMILES string of the molecule is CC1CC(C(=O)NC[C@@H]2COc3ccc(OCc4ccccc4)cc3O2)CCN1C(N)=O. The lowest BCUT2D eigenvalue weighted by molar-refractivity contribution is -0.127. The van der Waals surface area contributed by atoms with Crippen molar-refractivity contribution in [1.82, 2.24) is 10.2 Å². The Morgan fingerprint density at radius 1 is 1.19 bits per heavy atom. The molecule has 0 radical (unpaired) electrons. The predicted molar refractivity (Wildman–Crippen MR) is 119 cm³/mol. The van der Waals surface area contributed by atoms with Crippen LogP contribution in [0.4, 0.5) is 4.79 Å². The predicted octanol–water partition coefficient (Wildman–Crippen LogP) is 2.70. The second kappa shape index (κ2) is 9.80. The topological polar surface area (TPSA) is 103 Å². The smallest absolute Gasteiger partial charge is 0.315 e. The molecule has 0 bridgehead atoms. The highest BCUT2D eigenvalue weighted by Crippen LogP contribution is 2.35. The zero-order valence-corrected chi connectivity index (χ0v) is 18.2. The van der Waals surface area contributed by atoms with Gasteiger partial charge in [-0.2, -0.15) is 0 Å². The number of benzene rings is 2. The zero-order chi connectivity index (χ0) is 22.5. The average molecular weight is 440 g/mol. The number of fused-ring (bicyclic) bond motifs is 1. The van der Waals surface area contributed by atoms with Crippen LogP contribution < -0.4 is 25.3 Å². The number of primary amides is 1. The van der Waals surface area contributed by atoms with Crippen LogP contribution >= 0.6 is 0 Å². The molecule has 3 amide bonds. The zero-order valence-electron chi connectivity index (χ0n) is 18.2. The number of hydrogen-bond donors (Lipinski definition) is 2. The van der Waals surface area contributed by atoms with Gasteiger partial charge in [-0.25, -0.2) is 4.79 Å². The highest BCUT2D eigenvalue weighted by molar-refractivity contribution is 5.79.